The Hall–Kier alpha value is -2.50. The second kappa shape index (κ2) is 9.71. The Kier molecular flexibility index (Phi) is 7.32. The van der Waals surface area contributed by atoms with Crippen molar-refractivity contribution in [3.05, 3.63) is 46.8 Å². The molecular formula is C19H28N4O2. The van der Waals surface area contributed by atoms with Crippen molar-refractivity contribution in [3.8, 4) is 5.75 Å². The number of phenols is 1. The van der Waals surface area contributed by atoms with Crippen LogP contribution in [-0.2, 0) is 25.8 Å². The maximum atomic E-state index is 9.52. The molecule has 0 unspecified atom stereocenters. The molecule has 2 rings (SSSR count). The van der Waals surface area contributed by atoms with Crippen LogP contribution in [0, 0.1) is 0 Å². The fourth-order valence-electron chi connectivity index (χ4n) is 2.65. The van der Waals surface area contributed by atoms with Crippen LogP contribution < -0.4 is 10.6 Å². The first-order valence-corrected chi connectivity index (χ1v) is 8.94. The van der Waals surface area contributed by atoms with E-state index in [9.17, 15) is 5.11 Å². The van der Waals surface area contributed by atoms with Crippen molar-refractivity contribution in [2.45, 2.75) is 46.6 Å². The second-order valence-electron chi connectivity index (χ2n) is 5.78. The zero-order valence-corrected chi connectivity index (χ0v) is 15.3. The number of hydrogen-bond donors (Lipinski definition) is 3. The molecule has 0 radical (unpaired) electrons. The van der Waals surface area contributed by atoms with Crippen LogP contribution in [0.3, 0.4) is 0 Å². The van der Waals surface area contributed by atoms with Crippen molar-refractivity contribution in [1.29, 1.82) is 0 Å². The number of aromatic nitrogens is 1. The van der Waals surface area contributed by atoms with Crippen LogP contribution in [0.25, 0.3) is 0 Å². The monoisotopic (exact) mass is 344 g/mol. The summed E-state index contributed by atoms with van der Waals surface area (Å²) in [6.07, 6.45) is 2.47. The molecule has 0 atom stereocenters. The number of phenolic OH excluding ortho intramolecular Hbond substituents is 1. The highest BCUT2D eigenvalue weighted by Crippen LogP contribution is 2.16. The molecule has 3 N–H and O–H groups in total. The van der Waals surface area contributed by atoms with Gasteiger partial charge in [0.05, 0.1) is 12.2 Å². The molecule has 1 heterocycles. The van der Waals surface area contributed by atoms with Crippen LogP contribution in [0.2, 0.25) is 0 Å². The highest BCUT2D eigenvalue weighted by molar-refractivity contribution is 5.79. The zero-order chi connectivity index (χ0) is 18.1. The summed E-state index contributed by atoms with van der Waals surface area (Å²) in [6.45, 7) is 8.26. The smallest absolute Gasteiger partial charge is 0.191 e. The van der Waals surface area contributed by atoms with E-state index in [1.54, 1.807) is 12.1 Å². The molecule has 0 saturated heterocycles. The van der Waals surface area contributed by atoms with Gasteiger partial charge >= 0.3 is 0 Å². The third-order valence-electron chi connectivity index (χ3n) is 3.96. The highest BCUT2D eigenvalue weighted by Gasteiger charge is 2.13. The topological polar surface area (TPSA) is 82.7 Å². The third kappa shape index (κ3) is 5.52. The van der Waals surface area contributed by atoms with Crippen LogP contribution in [0.5, 0.6) is 5.75 Å². The van der Waals surface area contributed by atoms with Gasteiger partial charge < -0.3 is 20.3 Å². The number of benzene rings is 1. The normalized spacial score (nSPS) is 11.6. The molecule has 1 aromatic carbocycles. The van der Waals surface area contributed by atoms with E-state index < -0.39 is 0 Å². The molecule has 6 nitrogen and oxygen atoms in total. The molecule has 0 aliphatic rings. The van der Waals surface area contributed by atoms with Crippen molar-refractivity contribution in [3.63, 3.8) is 0 Å². The van der Waals surface area contributed by atoms with Crippen LogP contribution >= 0.6 is 0 Å². The number of aliphatic imine (C=N–C) groups is 1. The van der Waals surface area contributed by atoms with E-state index in [0.29, 0.717) is 12.3 Å². The molecular weight excluding hydrogens is 316 g/mol. The molecule has 2 aromatic rings. The third-order valence-corrected chi connectivity index (χ3v) is 3.96. The van der Waals surface area contributed by atoms with Gasteiger partial charge in [0.25, 0.3) is 0 Å². The molecule has 136 valence electrons. The lowest BCUT2D eigenvalue weighted by molar-refractivity contribution is 0.380. The van der Waals surface area contributed by atoms with E-state index >= 15 is 0 Å². The molecule has 0 bridgehead atoms. The minimum atomic E-state index is 0.296. The minimum Gasteiger partial charge on any atom is -0.508 e. The van der Waals surface area contributed by atoms with E-state index in [4.69, 9.17) is 4.52 Å². The lowest BCUT2D eigenvalue weighted by Crippen LogP contribution is -2.38. The SMILES string of the molecule is CCNC(=NCc1c(CC)noc1CC)NCCc1cccc(O)c1. The number of rotatable bonds is 8. The summed E-state index contributed by atoms with van der Waals surface area (Å²) in [6, 6.07) is 7.32. The Morgan fingerprint density at radius 1 is 1.20 bits per heavy atom. The van der Waals surface area contributed by atoms with Gasteiger partial charge in [-0.25, -0.2) is 4.99 Å². The van der Waals surface area contributed by atoms with Gasteiger partial charge in [0.2, 0.25) is 0 Å². The minimum absolute atomic E-state index is 0.296. The lowest BCUT2D eigenvalue weighted by atomic mass is 10.1. The van der Waals surface area contributed by atoms with Gasteiger partial charge in [-0.2, -0.15) is 0 Å². The Labute approximate surface area is 149 Å². The maximum absolute atomic E-state index is 9.52. The van der Waals surface area contributed by atoms with Crippen LogP contribution in [0.1, 0.15) is 43.4 Å². The molecule has 0 saturated carbocycles. The number of aromatic hydroxyl groups is 1. The van der Waals surface area contributed by atoms with E-state index in [1.165, 1.54) is 0 Å². The van der Waals surface area contributed by atoms with Crippen LogP contribution in [0.15, 0.2) is 33.8 Å². The van der Waals surface area contributed by atoms with Gasteiger partial charge in [0.15, 0.2) is 5.96 Å². The van der Waals surface area contributed by atoms with E-state index in [-0.39, 0.29) is 0 Å². The first kappa shape index (κ1) is 18.8. The molecule has 0 fully saturated rings. The summed E-state index contributed by atoms with van der Waals surface area (Å²) in [4.78, 5) is 4.67. The zero-order valence-electron chi connectivity index (χ0n) is 15.3. The summed E-state index contributed by atoms with van der Waals surface area (Å²) in [5.74, 6) is 1.98. The highest BCUT2D eigenvalue weighted by atomic mass is 16.5. The summed E-state index contributed by atoms with van der Waals surface area (Å²) in [5, 5.41) is 20.2. The van der Waals surface area contributed by atoms with Crippen molar-refractivity contribution < 1.29 is 9.63 Å². The Bertz CT molecular complexity index is 673. The van der Waals surface area contributed by atoms with Crippen LogP contribution in [-0.4, -0.2) is 29.3 Å². The summed E-state index contributed by atoms with van der Waals surface area (Å²) < 4.78 is 5.39. The number of aryl methyl sites for hydroxylation is 2. The number of hydrogen-bond acceptors (Lipinski definition) is 4. The first-order valence-electron chi connectivity index (χ1n) is 8.94. The number of guanidine groups is 1. The van der Waals surface area contributed by atoms with Gasteiger partial charge in [-0.15, -0.1) is 0 Å². The molecule has 0 amide bonds. The van der Waals surface area contributed by atoms with E-state index in [2.05, 4.69) is 34.6 Å². The van der Waals surface area contributed by atoms with Crippen molar-refractivity contribution >= 4 is 5.96 Å². The Morgan fingerprint density at radius 2 is 2.04 bits per heavy atom. The van der Waals surface area contributed by atoms with Gasteiger partial charge in [-0.3, -0.25) is 0 Å². The Balaban J connectivity index is 1.97. The second-order valence-corrected chi connectivity index (χ2v) is 5.78. The molecule has 0 aliphatic carbocycles. The van der Waals surface area contributed by atoms with Crippen LogP contribution in [0.4, 0.5) is 0 Å². The van der Waals surface area contributed by atoms with Crippen molar-refractivity contribution in [2.24, 2.45) is 4.99 Å². The quantitative estimate of drug-likeness (QED) is 0.507. The molecule has 0 spiro atoms. The summed E-state index contributed by atoms with van der Waals surface area (Å²) in [5.41, 5.74) is 3.16. The predicted octanol–water partition coefficient (Wildman–Crippen LogP) is 2.80. The Morgan fingerprint density at radius 3 is 2.72 bits per heavy atom. The average Bonchev–Trinajstić information content (AvgIpc) is 3.01. The van der Waals surface area contributed by atoms with Crippen molar-refractivity contribution in [1.82, 2.24) is 15.8 Å². The average molecular weight is 344 g/mol. The van der Waals surface area contributed by atoms with Gasteiger partial charge in [-0.05, 0) is 37.5 Å². The largest absolute Gasteiger partial charge is 0.508 e. The van der Waals surface area contributed by atoms with E-state index in [1.807, 2.05) is 19.1 Å². The maximum Gasteiger partial charge on any atom is 0.191 e. The summed E-state index contributed by atoms with van der Waals surface area (Å²) >= 11 is 0. The van der Waals surface area contributed by atoms with Gasteiger partial charge in [0.1, 0.15) is 11.5 Å². The molecule has 25 heavy (non-hydrogen) atoms. The van der Waals surface area contributed by atoms with Gasteiger partial charge in [0, 0.05) is 25.1 Å². The number of nitrogens with one attached hydrogen (secondary N) is 2. The number of nitrogens with zero attached hydrogens (tertiary/aromatic N) is 2. The van der Waals surface area contributed by atoms with Gasteiger partial charge in [-0.1, -0.05) is 31.1 Å². The fraction of sp³-hybridized carbons (Fsp3) is 0.474. The molecule has 0 aliphatic heterocycles. The predicted molar refractivity (Wildman–Crippen MR) is 99.9 cm³/mol. The molecule has 6 heteroatoms. The van der Waals surface area contributed by atoms with Crippen molar-refractivity contribution in [2.75, 3.05) is 13.1 Å². The summed E-state index contributed by atoms with van der Waals surface area (Å²) in [7, 11) is 0. The fourth-order valence-corrected chi connectivity index (χ4v) is 2.65. The molecule has 1 aromatic heterocycles. The first-order chi connectivity index (χ1) is 12.2. The lowest BCUT2D eigenvalue weighted by Gasteiger charge is -2.11. The standard InChI is InChI=1S/C19H28N4O2/c1-4-17-16(18(5-2)25-23-17)13-22-19(20-6-3)21-11-10-14-8-7-9-15(24)12-14/h7-9,12,24H,4-6,10-11,13H2,1-3H3,(H2,20,21,22). The van der Waals surface area contributed by atoms with E-state index in [0.717, 1.165) is 60.9 Å².